The maximum Gasteiger partial charge on any atom is 0.166 e. The third-order valence-electron chi connectivity index (χ3n) is 3.49. The van der Waals surface area contributed by atoms with Crippen LogP contribution < -0.4 is 10.6 Å². The highest BCUT2D eigenvalue weighted by molar-refractivity contribution is 7.92. The van der Waals surface area contributed by atoms with E-state index in [1.165, 1.54) is 0 Å². The van der Waals surface area contributed by atoms with E-state index in [-0.39, 0.29) is 29.1 Å². The van der Waals surface area contributed by atoms with Gasteiger partial charge in [0.2, 0.25) is 0 Å². The van der Waals surface area contributed by atoms with Crippen molar-refractivity contribution in [1.82, 2.24) is 10.6 Å². The molecular weight excluding hydrogens is 308 g/mol. The third-order valence-corrected chi connectivity index (χ3v) is 7.38. The van der Waals surface area contributed by atoms with Gasteiger partial charge in [-0.05, 0) is 32.0 Å². The number of thiocarbonyl (C=S) groups is 1. The minimum absolute atomic E-state index is 0.0603. The quantitative estimate of drug-likeness (QED) is 0.643. The Labute approximate surface area is 119 Å². The predicted octanol–water partition coefficient (Wildman–Crippen LogP) is -0.785. The summed E-state index contributed by atoms with van der Waals surface area (Å²) in [7, 11) is -5.94. The number of nitrogens with one attached hydrogen (secondary N) is 2. The summed E-state index contributed by atoms with van der Waals surface area (Å²) in [5.74, 6) is 0.491. The third kappa shape index (κ3) is 4.03. The molecule has 0 aromatic carbocycles. The van der Waals surface area contributed by atoms with Crippen molar-refractivity contribution in [2.24, 2.45) is 0 Å². The minimum atomic E-state index is -2.99. The molecule has 0 aliphatic carbocycles. The second-order valence-electron chi connectivity index (χ2n) is 5.60. The molecule has 2 fully saturated rings. The Hall–Kier alpha value is -0.410. The molecule has 0 unspecified atom stereocenters. The van der Waals surface area contributed by atoms with Gasteiger partial charge in [-0.1, -0.05) is 0 Å². The van der Waals surface area contributed by atoms with E-state index in [1.54, 1.807) is 0 Å². The van der Waals surface area contributed by atoms with Crippen LogP contribution in [0, 0.1) is 0 Å². The van der Waals surface area contributed by atoms with Crippen LogP contribution in [0.5, 0.6) is 0 Å². The van der Waals surface area contributed by atoms with E-state index in [0.717, 1.165) is 0 Å². The molecule has 0 radical (unpaired) electrons. The zero-order valence-corrected chi connectivity index (χ0v) is 13.1. The number of hydrogen-bond acceptors (Lipinski definition) is 5. The largest absolute Gasteiger partial charge is 0.359 e. The summed E-state index contributed by atoms with van der Waals surface area (Å²) < 4.78 is 45.6. The van der Waals surface area contributed by atoms with Gasteiger partial charge in [-0.25, -0.2) is 16.8 Å². The molecule has 9 heteroatoms. The molecule has 19 heavy (non-hydrogen) atoms. The van der Waals surface area contributed by atoms with E-state index >= 15 is 0 Å². The first-order valence-corrected chi connectivity index (χ1v) is 10.1. The second-order valence-corrected chi connectivity index (χ2v) is 10.4. The van der Waals surface area contributed by atoms with Crippen LogP contribution in [0.15, 0.2) is 0 Å². The molecule has 110 valence electrons. The molecule has 0 bridgehead atoms. The highest BCUT2D eigenvalue weighted by Gasteiger charge is 2.39. The van der Waals surface area contributed by atoms with Gasteiger partial charge in [-0.15, -0.1) is 0 Å². The van der Waals surface area contributed by atoms with Gasteiger partial charge in [0.1, 0.15) is 0 Å². The molecule has 0 aromatic rings. The van der Waals surface area contributed by atoms with Gasteiger partial charge in [0.15, 0.2) is 24.8 Å². The van der Waals surface area contributed by atoms with Gasteiger partial charge >= 0.3 is 0 Å². The van der Waals surface area contributed by atoms with E-state index in [2.05, 4.69) is 10.6 Å². The van der Waals surface area contributed by atoms with Crippen LogP contribution in [-0.4, -0.2) is 56.5 Å². The van der Waals surface area contributed by atoms with E-state index in [9.17, 15) is 16.8 Å². The Kier molecular flexibility index (Phi) is 3.83. The highest BCUT2D eigenvalue weighted by atomic mass is 32.2. The lowest BCUT2D eigenvalue weighted by Gasteiger charge is -2.27. The predicted molar refractivity (Wildman–Crippen MR) is 77.6 cm³/mol. The van der Waals surface area contributed by atoms with Crippen LogP contribution in [-0.2, 0) is 19.7 Å². The van der Waals surface area contributed by atoms with Crippen LogP contribution in [0.25, 0.3) is 0 Å². The first-order valence-electron chi connectivity index (χ1n) is 6.09. The summed E-state index contributed by atoms with van der Waals surface area (Å²) in [4.78, 5) is 0. The van der Waals surface area contributed by atoms with Crippen LogP contribution in [0.1, 0.15) is 19.8 Å². The molecule has 2 N–H and O–H groups in total. The molecule has 2 aliphatic heterocycles. The maximum absolute atomic E-state index is 11.5. The lowest BCUT2D eigenvalue weighted by molar-refractivity contribution is 0.464. The summed E-state index contributed by atoms with van der Waals surface area (Å²) in [6.07, 6.45) is 1.05. The summed E-state index contributed by atoms with van der Waals surface area (Å²) in [5, 5.41) is 6.31. The van der Waals surface area contributed by atoms with Crippen molar-refractivity contribution in [3.63, 3.8) is 0 Å². The fourth-order valence-corrected chi connectivity index (χ4v) is 6.69. The lowest BCUT2D eigenvalue weighted by Crippen LogP contribution is -2.53. The average molecular weight is 326 g/mol. The molecule has 0 spiro atoms. The fourth-order valence-electron chi connectivity index (χ4n) is 2.51. The second kappa shape index (κ2) is 4.85. The van der Waals surface area contributed by atoms with Crippen molar-refractivity contribution in [3.05, 3.63) is 0 Å². The molecular formula is C10H18N2O4S3. The Morgan fingerprint density at radius 2 is 1.89 bits per heavy atom. The molecule has 2 aliphatic rings. The van der Waals surface area contributed by atoms with E-state index < -0.39 is 25.2 Å². The SMILES string of the molecule is C[C@@]1(NC(=S)N[C@H]2CCS(=O)(=O)C2)CCS(=O)(=O)C1. The molecule has 0 saturated carbocycles. The number of rotatable bonds is 2. The van der Waals surface area contributed by atoms with Crippen molar-refractivity contribution in [1.29, 1.82) is 0 Å². The van der Waals surface area contributed by atoms with Crippen molar-refractivity contribution in [2.45, 2.75) is 31.3 Å². The molecule has 2 heterocycles. The van der Waals surface area contributed by atoms with E-state index in [0.29, 0.717) is 18.0 Å². The maximum atomic E-state index is 11.5. The summed E-state index contributed by atoms with van der Waals surface area (Å²) in [6.45, 7) is 1.82. The molecule has 2 rings (SSSR count). The Morgan fingerprint density at radius 1 is 1.21 bits per heavy atom. The van der Waals surface area contributed by atoms with E-state index in [1.807, 2.05) is 6.92 Å². The molecule has 0 amide bonds. The van der Waals surface area contributed by atoms with Crippen molar-refractivity contribution >= 4 is 37.0 Å². The number of hydrogen-bond donors (Lipinski definition) is 2. The monoisotopic (exact) mass is 326 g/mol. The zero-order valence-electron chi connectivity index (χ0n) is 10.7. The van der Waals surface area contributed by atoms with Gasteiger partial charge in [0.25, 0.3) is 0 Å². The smallest absolute Gasteiger partial charge is 0.166 e. The van der Waals surface area contributed by atoms with Crippen molar-refractivity contribution < 1.29 is 16.8 Å². The topological polar surface area (TPSA) is 92.3 Å². The Balaban J connectivity index is 1.89. The summed E-state index contributed by atoms with van der Waals surface area (Å²) >= 11 is 5.14. The lowest BCUT2D eigenvalue weighted by atomic mass is 10.0. The molecule has 2 atom stereocenters. The van der Waals surface area contributed by atoms with Crippen LogP contribution in [0.4, 0.5) is 0 Å². The van der Waals surface area contributed by atoms with Gasteiger partial charge in [0.05, 0.1) is 28.6 Å². The van der Waals surface area contributed by atoms with Gasteiger partial charge in [0, 0.05) is 6.04 Å². The first-order chi connectivity index (χ1) is 8.59. The molecule has 0 aromatic heterocycles. The van der Waals surface area contributed by atoms with Crippen LogP contribution >= 0.6 is 12.2 Å². The van der Waals surface area contributed by atoms with Crippen LogP contribution in [0.2, 0.25) is 0 Å². The minimum Gasteiger partial charge on any atom is -0.359 e. The summed E-state index contributed by atoms with van der Waals surface area (Å²) in [5.41, 5.74) is -0.555. The van der Waals surface area contributed by atoms with Gasteiger partial charge < -0.3 is 10.6 Å². The fraction of sp³-hybridized carbons (Fsp3) is 0.900. The number of sulfone groups is 2. The standard InChI is InChI=1S/C10H18N2O4S3/c1-10(3-5-19(15,16)7-10)12-9(17)11-8-2-4-18(13,14)6-8/h8H,2-7H2,1H3,(H2,11,12,17)/t8-,10+/m0/s1. The van der Waals surface area contributed by atoms with Gasteiger partial charge in [-0.2, -0.15) is 0 Å². The van der Waals surface area contributed by atoms with Crippen molar-refractivity contribution in [2.75, 3.05) is 23.0 Å². The zero-order chi connectivity index (χ0) is 14.3. The van der Waals surface area contributed by atoms with Crippen LogP contribution in [0.3, 0.4) is 0 Å². The highest BCUT2D eigenvalue weighted by Crippen LogP contribution is 2.22. The average Bonchev–Trinajstić information content (AvgIpc) is 2.66. The van der Waals surface area contributed by atoms with Crippen molar-refractivity contribution in [3.8, 4) is 0 Å². The molecule has 2 saturated heterocycles. The normalized spacial score (nSPS) is 35.9. The summed E-state index contributed by atoms with van der Waals surface area (Å²) in [6, 6.07) is -0.174. The Bertz CT molecular complexity index is 584. The Morgan fingerprint density at radius 3 is 2.37 bits per heavy atom. The van der Waals surface area contributed by atoms with E-state index in [4.69, 9.17) is 12.2 Å². The molecule has 6 nitrogen and oxygen atoms in total. The van der Waals surface area contributed by atoms with Gasteiger partial charge in [-0.3, -0.25) is 0 Å². The first kappa shape index (κ1) is 15.0.